The van der Waals surface area contributed by atoms with Crippen LogP contribution in [-0.2, 0) is 16.0 Å². The highest BCUT2D eigenvalue weighted by Gasteiger charge is 2.46. The first kappa shape index (κ1) is 31.0. The van der Waals surface area contributed by atoms with Gasteiger partial charge in [0, 0.05) is 6.54 Å². The number of aliphatic hydroxyl groups is 1. The molecule has 4 unspecified atom stereocenters. The number of carbonyl (C=O) groups excluding carboxylic acids is 3. The SMILES string of the molecule is Cc1noc(C)c1C(=O)NC(C(=O)N1CCCC1C(=O)NC(Cc1ccc2ccccc2c1)C(O)C(F)(F)F)C(C)C. The molecule has 3 amide bonds. The molecule has 2 heterocycles. The van der Waals surface area contributed by atoms with Crippen LogP contribution in [0.25, 0.3) is 10.8 Å². The lowest BCUT2D eigenvalue weighted by molar-refractivity contribution is -0.212. The van der Waals surface area contributed by atoms with E-state index in [0.29, 0.717) is 23.4 Å². The fourth-order valence-electron chi connectivity index (χ4n) is 5.38. The molecular formula is C30H35F3N4O5. The summed E-state index contributed by atoms with van der Waals surface area (Å²) in [6, 6.07) is 8.74. The van der Waals surface area contributed by atoms with Gasteiger partial charge in [0.25, 0.3) is 5.91 Å². The summed E-state index contributed by atoms with van der Waals surface area (Å²) in [6.07, 6.45) is -7.41. The second-order valence-electron chi connectivity index (χ2n) is 11.1. The number of nitrogens with zero attached hydrogens (tertiary/aromatic N) is 2. The molecule has 0 aliphatic carbocycles. The first-order valence-electron chi connectivity index (χ1n) is 13.8. The molecule has 1 aromatic heterocycles. The molecule has 9 nitrogen and oxygen atoms in total. The van der Waals surface area contributed by atoms with Crippen molar-refractivity contribution in [2.45, 2.75) is 77.4 Å². The van der Waals surface area contributed by atoms with Gasteiger partial charge in [-0.1, -0.05) is 61.5 Å². The fraction of sp³-hybridized carbons (Fsp3) is 0.467. The first-order chi connectivity index (χ1) is 19.8. The van der Waals surface area contributed by atoms with Gasteiger partial charge in [-0.05, 0) is 55.4 Å². The monoisotopic (exact) mass is 588 g/mol. The summed E-state index contributed by atoms with van der Waals surface area (Å²) in [5.41, 5.74) is 1.07. The average molecular weight is 589 g/mol. The van der Waals surface area contributed by atoms with E-state index in [0.717, 1.165) is 10.8 Å². The molecule has 3 N–H and O–H groups in total. The minimum Gasteiger partial charge on any atom is -0.382 e. The van der Waals surface area contributed by atoms with Crippen molar-refractivity contribution in [1.29, 1.82) is 0 Å². The van der Waals surface area contributed by atoms with E-state index in [2.05, 4.69) is 15.8 Å². The third-order valence-corrected chi connectivity index (χ3v) is 7.63. The molecule has 226 valence electrons. The molecule has 0 spiro atoms. The van der Waals surface area contributed by atoms with Gasteiger partial charge in [0.1, 0.15) is 23.4 Å². The number of fused-ring (bicyclic) bond motifs is 1. The van der Waals surface area contributed by atoms with Crippen molar-refractivity contribution < 1.29 is 37.2 Å². The van der Waals surface area contributed by atoms with E-state index in [4.69, 9.17) is 4.52 Å². The number of aromatic nitrogens is 1. The normalized spacial score (nSPS) is 17.7. The maximum Gasteiger partial charge on any atom is 0.416 e. The second-order valence-corrected chi connectivity index (χ2v) is 11.1. The van der Waals surface area contributed by atoms with Gasteiger partial charge in [0.05, 0.1) is 11.7 Å². The van der Waals surface area contributed by atoms with Crippen molar-refractivity contribution in [2.75, 3.05) is 6.54 Å². The van der Waals surface area contributed by atoms with Gasteiger partial charge in [0.2, 0.25) is 11.8 Å². The van der Waals surface area contributed by atoms with Crippen LogP contribution in [0.3, 0.4) is 0 Å². The van der Waals surface area contributed by atoms with Gasteiger partial charge < -0.3 is 25.2 Å². The highest BCUT2D eigenvalue weighted by molar-refractivity contribution is 6.00. The number of likely N-dealkylation sites (tertiary alicyclic amines) is 1. The minimum atomic E-state index is -4.98. The van der Waals surface area contributed by atoms with Crippen LogP contribution in [0.4, 0.5) is 13.2 Å². The Bertz CT molecular complexity index is 1430. The van der Waals surface area contributed by atoms with Gasteiger partial charge in [-0.15, -0.1) is 0 Å². The predicted molar refractivity (Wildman–Crippen MR) is 148 cm³/mol. The van der Waals surface area contributed by atoms with E-state index >= 15 is 0 Å². The van der Waals surface area contributed by atoms with E-state index in [1.807, 2.05) is 24.3 Å². The molecule has 1 aliphatic heterocycles. The molecule has 42 heavy (non-hydrogen) atoms. The van der Waals surface area contributed by atoms with Crippen LogP contribution in [0.5, 0.6) is 0 Å². The first-order valence-corrected chi connectivity index (χ1v) is 13.8. The van der Waals surface area contributed by atoms with Crippen molar-refractivity contribution in [3.63, 3.8) is 0 Å². The number of alkyl halides is 3. The Balaban J connectivity index is 1.52. The molecule has 4 rings (SSSR count). The van der Waals surface area contributed by atoms with Crippen LogP contribution in [0.2, 0.25) is 0 Å². The van der Waals surface area contributed by atoms with Crippen LogP contribution in [0, 0.1) is 19.8 Å². The molecule has 1 aliphatic rings. The minimum absolute atomic E-state index is 0.193. The summed E-state index contributed by atoms with van der Waals surface area (Å²) in [7, 11) is 0. The van der Waals surface area contributed by atoms with E-state index in [9.17, 15) is 32.7 Å². The summed E-state index contributed by atoms with van der Waals surface area (Å²) in [5, 5.41) is 20.8. The van der Waals surface area contributed by atoms with E-state index in [-0.39, 0.29) is 30.9 Å². The maximum absolute atomic E-state index is 13.7. The Kier molecular flexibility index (Phi) is 9.24. The number of amides is 3. The van der Waals surface area contributed by atoms with E-state index in [1.165, 1.54) is 4.90 Å². The number of carbonyl (C=O) groups is 3. The van der Waals surface area contributed by atoms with E-state index < -0.39 is 48.1 Å². The van der Waals surface area contributed by atoms with Crippen molar-refractivity contribution in [3.8, 4) is 0 Å². The Labute approximate surface area is 241 Å². The van der Waals surface area contributed by atoms with Crippen LogP contribution in [0.15, 0.2) is 47.0 Å². The zero-order valence-corrected chi connectivity index (χ0v) is 23.9. The Morgan fingerprint density at radius 3 is 2.40 bits per heavy atom. The summed E-state index contributed by atoms with van der Waals surface area (Å²) in [6.45, 7) is 6.84. The number of halogens is 3. The average Bonchev–Trinajstić information content (AvgIpc) is 3.56. The number of aryl methyl sites for hydroxylation is 2. The molecule has 1 fully saturated rings. The molecule has 1 saturated heterocycles. The standard InChI is InChI=1S/C30H35F3N4O5/c1-16(2)25(35-28(40)24-17(3)36-42-18(24)4)29(41)37-13-7-10-23(37)27(39)34-22(26(38)30(31,32)33)15-19-11-12-20-8-5-6-9-21(20)14-19/h5-6,8-9,11-12,14,16,22-23,25-26,38H,7,10,13,15H2,1-4H3,(H,34,39)(H,35,40). The highest BCUT2D eigenvalue weighted by atomic mass is 19.4. The lowest BCUT2D eigenvalue weighted by atomic mass is 9.97. The largest absolute Gasteiger partial charge is 0.416 e. The molecule has 0 bridgehead atoms. The lowest BCUT2D eigenvalue weighted by Crippen LogP contribution is -2.58. The van der Waals surface area contributed by atoms with E-state index in [1.54, 1.807) is 45.9 Å². The highest BCUT2D eigenvalue weighted by Crippen LogP contribution is 2.27. The molecule has 0 radical (unpaired) electrons. The number of aliphatic hydroxyl groups excluding tert-OH is 1. The van der Waals surface area contributed by atoms with Crippen molar-refractivity contribution in [1.82, 2.24) is 20.7 Å². The van der Waals surface area contributed by atoms with Crippen molar-refractivity contribution in [3.05, 3.63) is 65.0 Å². The summed E-state index contributed by atoms with van der Waals surface area (Å²) in [5.74, 6) is -1.94. The Morgan fingerprint density at radius 2 is 1.79 bits per heavy atom. The van der Waals surface area contributed by atoms with Gasteiger partial charge >= 0.3 is 6.18 Å². The van der Waals surface area contributed by atoms with Gasteiger partial charge in [-0.2, -0.15) is 13.2 Å². The van der Waals surface area contributed by atoms with Gasteiger partial charge in [-0.25, -0.2) is 0 Å². The maximum atomic E-state index is 13.7. The number of benzene rings is 2. The molecule has 2 aromatic carbocycles. The number of hydrogen-bond acceptors (Lipinski definition) is 6. The second kappa shape index (κ2) is 12.5. The van der Waals surface area contributed by atoms with Crippen LogP contribution in [-0.4, -0.2) is 69.8 Å². The quantitative estimate of drug-likeness (QED) is 0.349. The smallest absolute Gasteiger partial charge is 0.382 e. The topological polar surface area (TPSA) is 125 Å². The molecule has 0 saturated carbocycles. The zero-order valence-electron chi connectivity index (χ0n) is 23.9. The summed E-state index contributed by atoms with van der Waals surface area (Å²) >= 11 is 0. The van der Waals surface area contributed by atoms with Gasteiger partial charge in [0.15, 0.2) is 6.10 Å². The number of nitrogens with one attached hydrogen (secondary N) is 2. The number of hydrogen-bond donors (Lipinski definition) is 3. The van der Waals surface area contributed by atoms with Crippen LogP contribution in [0.1, 0.15) is 54.1 Å². The summed E-state index contributed by atoms with van der Waals surface area (Å²) in [4.78, 5) is 41.3. The number of rotatable bonds is 9. The molecule has 12 heteroatoms. The Morgan fingerprint density at radius 1 is 1.10 bits per heavy atom. The fourth-order valence-corrected chi connectivity index (χ4v) is 5.38. The lowest BCUT2D eigenvalue weighted by Gasteiger charge is -2.32. The molecule has 3 aromatic rings. The molecular weight excluding hydrogens is 553 g/mol. The van der Waals surface area contributed by atoms with Gasteiger partial charge in [-0.3, -0.25) is 14.4 Å². The van der Waals surface area contributed by atoms with Crippen molar-refractivity contribution >= 4 is 28.5 Å². The van der Waals surface area contributed by atoms with Crippen LogP contribution < -0.4 is 10.6 Å². The predicted octanol–water partition coefficient (Wildman–Crippen LogP) is 3.84. The third kappa shape index (κ3) is 6.75. The summed E-state index contributed by atoms with van der Waals surface area (Å²) < 4.78 is 46.0. The van der Waals surface area contributed by atoms with Crippen molar-refractivity contribution in [2.24, 2.45) is 5.92 Å². The third-order valence-electron chi connectivity index (χ3n) is 7.63. The molecule has 4 atom stereocenters. The van der Waals surface area contributed by atoms with Crippen LogP contribution >= 0.6 is 0 Å². The Hall–Kier alpha value is -3.93. The zero-order chi connectivity index (χ0) is 30.8.